The minimum Gasteiger partial charge on any atom is -0.390 e. The van der Waals surface area contributed by atoms with E-state index in [-0.39, 0.29) is 18.7 Å². The molecule has 1 heterocycles. The van der Waals surface area contributed by atoms with Crippen LogP contribution in [0.4, 0.5) is 8.78 Å². The van der Waals surface area contributed by atoms with Gasteiger partial charge >= 0.3 is 0 Å². The summed E-state index contributed by atoms with van der Waals surface area (Å²) in [4.78, 5) is 13.2. The van der Waals surface area contributed by atoms with Crippen molar-refractivity contribution in [3.8, 4) is 11.3 Å². The number of hydrogen-bond acceptors (Lipinski definition) is 4. The minimum atomic E-state index is -1.03. The van der Waals surface area contributed by atoms with Crippen LogP contribution in [0.2, 0.25) is 0 Å². The molecule has 8 heteroatoms. The van der Waals surface area contributed by atoms with E-state index in [1.807, 2.05) is 42.5 Å². The summed E-state index contributed by atoms with van der Waals surface area (Å²) >= 11 is 0. The van der Waals surface area contributed by atoms with Gasteiger partial charge in [-0.1, -0.05) is 61.5 Å². The van der Waals surface area contributed by atoms with Crippen LogP contribution in [-0.4, -0.2) is 39.5 Å². The van der Waals surface area contributed by atoms with E-state index < -0.39 is 29.7 Å². The van der Waals surface area contributed by atoms with Crippen molar-refractivity contribution in [2.24, 2.45) is 7.05 Å². The Balaban J connectivity index is 1.49. The number of benzene rings is 3. The van der Waals surface area contributed by atoms with Crippen LogP contribution in [0.25, 0.3) is 11.3 Å². The van der Waals surface area contributed by atoms with Gasteiger partial charge in [-0.3, -0.25) is 9.48 Å². The third kappa shape index (κ3) is 7.12. The Morgan fingerprint density at radius 3 is 2.37 bits per heavy atom. The van der Waals surface area contributed by atoms with E-state index >= 15 is 0 Å². The summed E-state index contributed by atoms with van der Waals surface area (Å²) in [6.07, 6.45) is -0.0710. The number of nitrogens with zero attached hydrogens (tertiary/aromatic N) is 2. The van der Waals surface area contributed by atoms with E-state index in [4.69, 9.17) is 0 Å². The van der Waals surface area contributed by atoms with Gasteiger partial charge in [0, 0.05) is 26.2 Å². The van der Waals surface area contributed by atoms with Crippen LogP contribution < -0.4 is 10.6 Å². The lowest BCUT2D eigenvalue weighted by Gasteiger charge is -2.24. The van der Waals surface area contributed by atoms with Crippen molar-refractivity contribution in [3.05, 3.63) is 113 Å². The molecule has 0 unspecified atom stereocenters. The summed E-state index contributed by atoms with van der Waals surface area (Å²) in [5.74, 6) is -1.92. The van der Waals surface area contributed by atoms with E-state index in [1.54, 1.807) is 17.8 Å². The topological polar surface area (TPSA) is 79.2 Å². The summed E-state index contributed by atoms with van der Waals surface area (Å²) in [5.41, 5.74) is 4.46. The number of aliphatic hydroxyl groups is 1. The molecule has 4 rings (SSSR count). The number of aromatic nitrogens is 2. The molecule has 0 radical (unpaired) electrons. The normalized spacial score (nSPS) is 12.8. The number of hydrogen-bond donors (Lipinski definition) is 3. The van der Waals surface area contributed by atoms with E-state index in [0.717, 1.165) is 29.3 Å². The fraction of sp³-hybridized carbons (Fsp3) is 0.267. The number of nitrogens with one attached hydrogen (secondary N) is 2. The highest BCUT2D eigenvalue weighted by molar-refractivity contribution is 5.93. The number of aryl methyl sites for hydroxylation is 2. The quantitative estimate of drug-likeness (QED) is 0.275. The molecule has 1 amide bonds. The second-order valence-corrected chi connectivity index (χ2v) is 9.34. The Hall–Kier alpha value is -3.88. The van der Waals surface area contributed by atoms with Gasteiger partial charge in [0.25, 0.3) is 5.91 Å². The molecule has 3 aromatic carbocycles. The van der Waals surface area contributed by atoms with Gasteiger partial charge in [0.05, 0.1) is 17.8 Å². The molecule has 0 aliphatic rings. The Labute approximate surface area is 221 Å². The number of amides is 1. The Kier molecular flexibility index (Phi) is 8.99. The first-order valence-electron chi connectivity index (χ1n) is 12.6. The molecule has 0 spiro atoms. The van der Waals surface area contributed by atoms with Crippen molar-refractivity contribution in [3.63, 3.8) is 0 Å². The molecule has 0 aliphatic heterocycles. The summed E-state index contributed by atoms with van der Waals surface area (Å²) in [7, 11) is 1.75. The molecule has 0 aliphatic carbocycles. The van der Waals surface area contributed by atoms with Crippen LogP contribution >= 0.6 is 0 Å². The number of aliphatic hydroxyl groups excluding tert-OH is 1. The van der Waals surface area contributed by atoms with E-state index in [1.165, 1.54) is 17.7 Å². The van der Waals surface area contributed by atoms with Crippen molar-refractivity contribution < 1.29 is 18.7 Å². The van der Waals surface area contributed by atoms with Crippen LogP contribution in [-0.2, 0) is 26.4 Å². The van der Waals surface area contributed by atoms with Crippen molar-refractivity contribution >= 4 is 5.91 Å². The lowest BCUT2D eigenvalue weighted by Crippen LogP contribution is -2.48. The monoisotopic (exact) mass is 518 g/mol. The molecular weight excluding hydrogens is 486 g/mol. The Morgan fingerprint density at radius 1 is 0.947 bits per heavy atom. The molecule has 4 aromatic rings. The highest BCUT2D eigenvalue weighted by atomic mass is 19.1. The van der Waals surface area contributed by atoms with E-state index in [9.17, 15) is 18.7 Å². The van der Waals surface area contributed by atoms with Crippen molar-refractivity contribution in [1.29, 1.82) is 0 Å². The third-order valence-electron chi connectivity index (χ3n) is 6.42. The fourth-order valence-corrected chi connectivity index (χ4v) is 4.43. The average molecular weight is 519 g/mol. The molecule has 0 saturated heterocycles. The summed E-state index contributed by atoms with van der Waals surface area (Å²) in [6.45, 7) is 2.78. The maximum absolute atomic E-state index is 13.9. The predicted molar refractivity (Wildman–Crippen MR) is 143 cm³/mol. The minimum absolute atomic E-state index is 0.0347. The first-order chi connectivity index (χ1) is 18.3. The first-order valence-corrected chi connectivity index (χ1v) is 12.6. The molecule has 1 aromatic heterocycles. The van der Waals surface area contributed by atoms with Gasteiger partial charge in [-0.2, -0.15) is 5.10 Å². The SMILES string of the molecule is CCc1cccc(CNC[C@H](O)[C@H](Cc2cc(F)cc(F)c2)NC(=O)c2cc(-c3ccccc3)n(C)n2)c1. The molecular formula is C30H32F2N4O2. The predicted octanol–water partition coefficient (Wildman–Crippen LogP) is 4.42. The van der Waals surface area contributed by atoms with Crippen LogP contribution in [0.3, 0.4) is 0 Å². The number of halogens is 2. The summed E-state index contributed by atoms with van der Waals surface area (Å²) < 4.78 is 29.3. The fourth-order valence-electron chi connectivity index (χ4n) is 4.43. The maximum Gasteiger partial charge on any atom is 0.272 e. The van der Waals surface area contributed by atoms with Gasteiger partial charge in [-0.05, 0) is 53.3 Å². The van der Waals surface area contributed by atoms with Gasteiger partial charge in [-0.15, -0.1) is 0 Å². The van der Waals surface area contributed by atoms with Gasteiger partial charge in [0.1, 0.15) is 11.6 Å². The number of rotatable bonds is 11. The zero-order valence-corrected chi connectivity index (χ0v) is 21.5. The highest BCUT2D eigenvalue weighted by Gasteiger charge is 2.24. The summed E-state index contributed by atoms with van der Waals surface area (Å²) in [5, 5.41) is 21.4. The first kappa shape index (κ1) is 27.2. The standard InChI is InChI=1S/C30H32F2N4O2/c1-3-20-8-7-9-21(12-20)18-33-19-29(37)26(15-22-13-24(31)16-25(32)14-22)34-30(38)27-17-28(36(2)35-27)23-10-5-4-6-11-23/h4-14,16-17,26,29,33,37H,3,15,18-19H2,1-2H3,(H,34,38)/t26-,29-/m0/s1. The zero-order chi connectivity index (χ0) is 27.1. The average Bonchev–Trinajstić information content (AvgIpc) is 3.30. The van der Waals surface area contributed by atoms with Gasteiger partial charge in [-0.25, -0.2) is 8.78 Å². The zero-order valence-electron chi connectivity index (χ0n) is 21.5. The second kappa shape index (κ2) is 12.6. The van der Waals surface area contributed by atoms with Crippen molar-refractivity contribution in [2.75, 3.05) is 6.54 Å². The van der Waals surface area contributed by atoms with Crippen molar-refractivity contribution in [2.45, 2.75) is 38.5 Å². The van der Waals surface area contributed by atoms with Crippen LogP contribution in [0.15, 0.2) is 78.9 Å². The molecule has 198 valence electrons. The van der Waals surface area contributed by atoms with Gasteiger partial charge < -0.3 is 15.7 Å². The van der Waals surface area contributed by atoms with Gasteiger partial charge in [0.15, 0.2) is 5.69 Å². The maximum atomic E-state index is 13.9. The Bertz CT molecular complexity index is 1350. The lowest BCUT2D eigenvalue weighted by molar-refractivity contribution is 0.0824. The summed E-state index contributed by atoms with van der Waals surface area (Å²) in [6, 6.07) is 21.7. The van der Waals surface area contributed by atoms with E-state index in [2.05, 4.69) is 34.8 Å². The third-order valence-corrected chi connectivity index (χ3v) is 6.42. The van der Waals surface area contributed by atoms with Crippen LogP contribution in [0.1, 0.15) is 34.1 Å². The molecule has 2 atom stereocenters. The Morgan fingerprint density at radius 2 is 1.66 bits per heavy atom. The van der Waals surface area contributed by atoms with Crippen LogP contribution in [0, 0.1) is 11.6 Å². The largest absolute Gasteiger partial charge is 0.390 e. The molecule has 0 fully saturated rings. The lowest BCUT2D eigenvalue weighted by atomic mass is 10.00. The highest BCUT2D eigenvalue weighted by Crippen LogP contribution is 2.20. The molecule has 0 bridgehead atoms. The smallest absolute Gasteiger partial charge is 0.272 e. The van der Waals surface area contributed by atoms with Crippen molar-refractivity contribution in [1.82, 2.24) is 20.4 Å². The second-order valence-electron chi connectivity index (χ2n) is 9.34. The van der Waals surface area contributed by atoms with E-state index in [0.29, 0.717) is 12.1 Å². The number of carbonyl (C=O) groups is 1. The van der Waals surface area contributed by atoms with Gasteiger partial charge in [0.2, 0.25) is 0 Å². The molecule has 38 heavy (non-hydrogen) atoms. The molecule has 3 N–H and O–H groups in total. The molecule has 0 saturated carbocycles. The molecule has 6 nitrogen and oxygen atoms in total. The van der Waals surface area contributed by atoms with Crippen LogP contribution in [0.5, 0.6) is 0 Å². The number of carbonyl (C=O) groups excluding carboxylic acids is 1.